The molecular formula is C43H67N3O6. The molecule has 1 aromatic heterocycles. The Morgan fingerprint density at radius 2 is 1.65 bits per heavy atom. The van der Waals surface area contributed by atoms with E-state index in [1.165, 1.54) is 4.68 Å². The topological polar surface area (TPSA) is 121 Å². The number of carboxylic acid groups (broad SMARTS) is 1. The summed E-state index contributed by atoms with van der Waals surface area (Å²) in [5, 5.41) is 18.3. The molecule has 0 bridgehead atoms. The van der Waals surface area contributed by atoms with E-state index >= 15 is 0 Å². The van der Waals surface area contributed by atoms with E-state index in [0.717, 1.165) is 89.9 Å². The van der Waals surface area contributed by atoms with Crippen molar-refractivity contribution in [1.82, 2.24) is 15.0 Å². The highest BCUT2D eigenvalue weighted by Crippen LogP contribution is 2.76. The van der Waals surface area contributed by atoms with E-state index in [-0.39, 0.29) is 63.7 Å². The van der Waals surface area contributed by atoms with Crippen molar-refractivity contribution in [3.8, 4) is 0 Å². The van der Waals surface area contributed by atoms with Gasteiger partial charge in [-0.2, -0.15) is 0 Å². The second kappa shape index (κ2) is 14.2. The van der Waals surface area contributed by atoms with E-state index in [1.54, 1.807) is 11.8 Å². The third-order valence-corrected chi connectivity index (χ3v) is 16.0. The molecule has 5 aliphatic carbocycles. The maximum Gasteiger partial charge on any atom is 0.328 e. The van der Waals surface area contributed by atoms with E-state index in [1.807, 2.05) is 0 Å². The molecule has 52 heavy (non-hydrogen) atoms. The summed E-state index contributed by atoms with van der Waals surface area (Å²) < 4.78 is 13.1. The van der Waals surface area contributed by atoms with Crippen LogP contribution in [0.3, 0.4) is 0 Å². The van der Waals surface area contributed by atoms with Crippen LogP contribution in [0.25, 0.3) is 0 Å². The predicted octanol–water partition coefficient (Wildman–Crippen LogP) is 9.48. The van der Waals surface area contributed by atoms with Gasteiger partial charge >= 0.3 is 17.9 Å². The number of allylic oxidation sites excluding steroid dienone is 2. The quantitative estimate of drug-likeness (QED) is 0.129. The van der Waals surface area contributed by atoms with Gasteiger partial charge in [0.25, 0.3) is 0 Å². The van der Waals surface area contributed by atoms with Crippen molar-refractivity contribution in [3.63, 3.8) is 0 Å². The lowest BCUT2D eigenvalue weighted by Crippen LogP contribution is -2.65. The minimum absolute atomic E-state index is 0.0273. The van der Waals surface area contributed by atoms with Gasteiger partial charge in [-0.15, -0.1) is 5.10 Å². The van der Waals surface area contributed by atoms with Gasteiger partial charge in [0, 0.05) is 11.8 Å². The van der Waals surface area contributed by atoms with Gasteiger partial charge < -0.3 is 14.6 Å². The Bertz CT molecular complexity index is 1550. The number of carbonyl (C=O) groups excluding carboxylic acids is 2. The number of esters is 2. The Kier molecular flexibility index (Phi) is 10.6. The van der Waals surface area contributed by atoms with E-state index < -0.39 is 5.97 Å². The molecule has 0 aromatic carbocycles. The Morgan fingerprint density at radius 1 is 0.904 bits per heavy atom. The van der Waals surface area contributed by atoms with Crippen LogP contribution in [0.2, 0.25) is 0 Å². The summed E-state index contributed by atoms with van der Waals surface area (Å²) in [4.78, 5) is 37.7. The summed E-state index contributed by atoms with van der Waals surface area (Å²) in [5.41, 5.74) is 2.33. The summed E-state index contributed by atoms with van der Waals surface area (Å²) in [6.07, 6.45) is 19.3. The number of ether oxygens (including phenoxy) is 2. The smallest absolute Gasteiger partial charge is 0.328 e. The highest BCUT2D eigenvalue weighted by Gasteiger charge is 2.68. The summed E-state index contributed by atoms with van der Waals surface area (Å²) in [6, 6.07) is 0. The zero-order valence-corrected chi connectivity index (χ0v) is 33.5. The molecule has 9 heteroatoms. The number of nitrogens with zero attached hydrogens (tertiary/aromatic N) is 3. The maximum atomic E-state index is 13.3. The van der Waals surface area contributed by atoms with Gasteiger partial charge in [0.05, 0.1) is 12.6 Å². The number of aliphatic carboxylic acids is 1. The van der Waals surface area contributed by atoms with Crippen molar-refractivity contribution in [3.05, 3.63) is 23.5 Å². The van der Waals surface area contributed by atoms with Crippen molar-refractivity contribution in [2.24, 2.45) is 50.2 Å². The lowest BCUT2D eigenvalue weighted by molar-refractivity contribution is -0.213. The molecule has 4 fully saturated rings. The first kappa shape index (κ1) is 39.0. The van der Waals surface area contributed by atoms with Crippen molar-refractivity contribution < 1.29 is 29.0 Å². The molecule has 0 radical (unpaired) electrons. The number of hydrogen-bond donors (Lipinski definition) is 1. The zero-order valence-electron chi connectivity index (χ0n) is 33.5. The second-order valence-electron chi connectivity index (χ2n) is 19.9. The lowest BCUT2D eigenvalue weighted by atomic mass is 9.33. The second-order valence-corrected chi connectivity index (χ2v) is 19.9. The number of rotatable bonds is 12. The SMILES string of the molecule is CCCCCCC(=O)OCc1cn(CC(=O)O[C@H]2CC[C@@]3(C)C(CC[C@]4(C)[C@@H]3CC=C3[C@H]5CC(C)(C)CC[C@]5(CC(=O)O)CC[C@]34C)C2(C)C)nn1. The minimum atomic E-state index is -0.640. The number of fused-ring (bicyclic) bond motifs is 7. The van der Waals surface area contributed by atoms with Gasteiger partial charge in [0.1, 0.15) is 24.9 Å². The molecule has 9 nitrogen and oxygen atoms in total. The molecule has 1 N–H and O–H groups in total. The monoisotopic (exact) mass is 722 g/mol. The van der Waals surface area contributed by atoms with Crippen LogP contribution in [0.1, 0.15) is 164 Å². The Morgan fingerprint density at radius 3 is 2.38 bits per heavy atom. The molecule has 6 rings (SSSR count). The average molecular weight is 722 g/mol. The zero-order chi connectivity index (χ0) is 37.7. The number of hydrogen-bond acceptors (Lipinski definition) is 7. The molecule has 8 atom stereocenters. The predicted molar refractivity (Wildman–Crippen MR) is 200 cm³/mol. The lowest BCUT2D eigenvalue weighted by Gasteiger charge is -2.71. The molecular weight excluding hydrogens is 654 g/mol. The molecule has 290 valence electrons. The number of aromatic nitrogens is 3. The Labute approximate surface area is 312 Å². The largest absolute Gasteiger partial charge is 0.481 e. The first-order chi connectivity index (χ1) is 24.4. The molecule has 1 aromatic rings. The number of carboxylic acids is 1. The first-order valence-electron chi connectivity index (χ1n) is 20.6. The summed E-state index contributed by atoms with van der Waals surface area (Å²) in [7, 11) is 0. The average Bonchev–Trinajstić information content (AvgIpc) is 3.51. The third-order valence-electron chi connectivity index (χ3n) is 16.0. The summed E-state index contributed by atoms with van der Waals surface area (Å²) in [5.74, 6) is 0.0956. The highest BCUT2D eigenvalue weighted by atomic mass is 16.5. The van der Waals surface area contributed by atoms with Gasteiger partial charge in [-0.1, -0.05) is 91.5 Å². The number of unbranched alkanes of at least 4 members (excludes halogenated alkanes) is 3. The first-order valence-corrected chi connectivity index (χ1v) is 20.6. The van der Waals surface area contributed by atoms with Crippen LogP contribution in [0.4, 0.5) is 0 Å². The van der Waals surface area contributed by atoms with Gasteiger partial charge in [-0.3, -0.25) is 14.4 Å². The van der Waals surface area contributed by atoms with Crippen LogP contribution in [-0.2, 0) is 37.0 Å². The van der Waals surface area contributed by atoms with E-state index in [2.05, 4.69) is 71.8 Å². The van der Waals surface area contributed by atoms with E-state index in [0.29, 0.717) is 36.3 Å². The normalized spacial score (nSPS) is 37.3. The van der Waals surface area contributed by atoms with Crippen LogP contribution in [0, 0.1) is 50.2 Å². The van der Waals surface area contributed by atoms with Crippen LogP contribution < -0.4 is 0 Å². The molecule has 5 aliphatic rings. The Balaban J connectivity index is 1.12. The van der Waals surface area contributed by atoms with E-state index in [4.69, 9.17) is 9.47 Å². The standard InChI is InChI=1S/C43H67N3O6/c1-9-10-11-12-13-36(49)51-28-29-26-46(45-44-29)27-37(50)52-34-17-18-40(6)32(39(34,4)5)16-19-42(8)33(40)15-14-30-31-24-38(2,3)20-22-43(31,25-35(47)48)23-21-41(30,42)7/h14,26,31-34H,9-13,15-25,27-28H2,1-8H3,(H,47,48)/t31-,32?,33-,34+,40+,41-,42-,43-/m1/s1. The van der Waals surface area contributed by atoms with Crippen molar-refractivity contribution in [2.45, 2.75) is 177 Å². The summed E-state index contributed by atoms with van der Waals surface area (Å²) >= 11 is 0. The molecule has 0 aliphatic heterocycles. The van der Waals surface area contributed by atoms with Gasteiger partial charge in [-0.05, 0) is 115 Å². The van der Waals surface area contributed by atoms with Gasteiger partial charge in [0.15, 0.2) is 0 Å². The van der Waals surface area contributed by atoms with Crippen LogP contribution >= 0.6 is 0 Å². The van der Waals surface area contributed by atoms with Crippen molar-refractivity contribution >= 4 is 17.9 Å². The molecule has 0 saturated heterocycles. The Hall–Kier alpha value is -2.71. The van der Waals surface area contributed by atoms with Crippen molar-refractivity contribution in [1.29, 1.82) is 0 Å². The minimum Gasteiger partial charge on any atom is -0.481 e. The highest BCUT2D eigenvalue weighted by molar-refractivity contribution is 5.70. The van der Waals surface area contributed by atoms with Crippen LogP contribution in [-0.4, -0.2) is 44.1 Å². The fraction of sp³-hybridized carbons (Fsp3) is 0.837. The third kappa shape index (κ3) is 6.89. The van der Waals surface area contributed by atoms with E-state index in [9.17, 15) is 19.5 Å². The summed E-state index contributed by atoms with van der Waals surface area (Å²) in [6.45, 7) is 19.2. The fourth-order valence-corrected chi connectivity index (χ4v) is 12.9. The number of carbonyl (C=O) groups is 3. The fourth-order valence-electron chi connectivity index (χ4n) is 12.9. The molecule has 0 spiro atoms. The van der Waals surface area contributed by atoms with Crippen molar-refractivity contribution in [2.75, 3.05) is 0 Å². The maximum absolute atomic E-state index is 13.3. The van der Waals surface area contributed by atoms with Gasteiger partial charge in [-0.25, -0.2) is 4.68 Å². The molecule has 1 heterocycles. The van der Waals surface area contributed by atoms with Crippen LogP contribution in [0.5, 0.6) is 0 Å². The van der Waals surface area contributed by atoms with Gasteiger partial charge in [0.2, 0.25) is 0 Å². The molecule has 1 unspecified atom stereocenters. The molecule has 4 saturated carbocycles. The van der Waals surface area contributed by atoms with Crippen LogP contribution in [0.15, 0.2) is 17.8 Å². The molecule has 0 amide bonds.